The normalized spacial score (nSPS) is 22.5. The molecule has 5 atom stereocenters. The van der Waals surface area contributed by atoms with Crippen molar-refractivity contribution >= 4 is 34.8 Å². The second-order valence-electron chi connectivity index (χ2n) is 13.6. The number of ketones is 1. The molecule has 0 spiro atoms. The van der Waals surface area contributed by atoms with E-state index in [9.17, 15) is 23.2 Å². The van der Waals surface area contributed by atoms with Crippen LogP contribution in [-0.4, -0.2) is 50.6 Å². The van der Waals surface area contributed by atoms with Crippen LogP contribution in [0.1, 0.15) is 89.8 Å². The molecule has 254 valence electrons. The number of nitrogens with one attached hydrogen (secondary N) is 2. The van der Waals surface area contributed by atoms with Crippen molar-refractivity contribution in [1.82, 2.24) is 20.4 Å². The summed E-state index contributed by atoms with van der Waals surface area (Å²) in [5.74, 6) is -3.46. The van der Waals surface area contributed by atoms with Gasteiger partial charge in [0.2, 0.25) is 17.7 Å². The summed E-state index contributed by atoms with van der Waals surface area (Å²) in [4.78, 5) is 47.6. The number of rotatable bonds is 12. The average molecular weight is 687 g/mol. The SMILES string of the molecule is CC(CCC(=O)c1ccc2c(c1)-c1ccccc1C2(F)F)CC(=O)N1[C@H]2C[C@@]2(Cc2ncno2)C[C@H]1C(=O)N[C@H](C)c1cc(C(=N)N)cs1. The van der Waals surface area contributed by atoms with E-state index in [4.69, 9.17) is 15.7 Å². The fourth-order valence-corrected chi connectivity index (χ4v) is 8.44. The number of nitrogens with two attached hydrogens (primary N) is 1. The number of amides is 2. The zero-order chi connectivity index (χ0) is 34.7. The molecule has 0 radical (unpaired) electrons. The van der Waals surface area contributed by atoms with Crippen LogP contribution in [0.25, 0.3) is 11.1 Å². The number of nitrogens with zero attached hydrogens (tertiary/aromatic N) is 3. The van der Waals surface area contributed by atoms with Gasteiger partial charge in [-0.3, -0.25) is 19.8 Å². The molecule has 1 saturated carbocycles. The van der Waals surface area contributed by atoms with Crippen molar-refractivity contribution in [3.05, 3.63) is 93.3 Å². The van der Waals surface area contributed by atoms with Gasteiger partial charge in [-0.05, 0) is 55.4 Å². The smallest absolute Gasteiger partial charge is 0.299 e. The first-order valence-electron chi connectivity index (χ1n) is 16.3. The lowest BCUT2D eigenvalue weighted by Crippen LogP contribution is -2.48. The molecule has 0 bridgehead atoms. The Morgan fingerprint density at radius 1 is 1.10 bits per heavy atom. The maximum atomic E-state index is 15.0. The molecule has 2 aromatic carbocycles. The number of carbonyl (C=O) groups is 3. The van der Waals surface area contributed by atoms with Gasteiger partial charge in [0.1, 0.15) is 11.9 Å². The minimum Gasteiger partial charge on any atom is -0.384 e. The molecule has 2 aromatic heterocycles. The Balaban J connectivity index is 1.01. The standard InChI is InChI=1S/C36H36F2N6O4S/c1-19(7-10-28(45)21-8-9-26-24(12-21)23-5-3-4-6-25(23)36(26,37)38)11-32(46)44-27(14-35(15-30(35)44)16-31-41-18-42-48-31)34(47)43-20(2)29-13-22(17-49-29)33(39)40/h3-6,8-9,12-13,17-20,27,30H,7,10-11,14-16H2,1-2H3,(H3,39,40)(H,43,47)/t19?,20-,27+,30+,35-/m1/s1. The number of fused-ring (bicyclic) bond motifs is 4. The summed E-state index contributed by atoms with van der Waals surface area (Å²) >= 11 is 1.40. The summed E-state index contributed by atoms with van der Waals surface area (Å²) in [7, 11) is 0. The van der Waals surface area contributed by atoms with E-state index in [-0.39, 0.29) is 70.8 Å². The summed E-state index contributed by atoms with van der Waals surface area (Å²) in [5, 5.41) is 16.2. The lowest BCUT2D eigenvalue weighted by atomic mass is 9.94. The van der Waals surface area contributed by atoms with Gasteiger partial charge in [0.25, 0.3) is 5.92 Å². The fraction of sp³-hybridized carbons (Fsp3) is 0.389. The van der Waals surface area contributed by atoms with Crippen molar-refractivity contribution in [3.63, 3.8) is 0 Å². The van der Waals surface area contributed by atoms with E-state index in [1.807, 2.05) is 13.8 Å². The molecule has 10 nitrogen and oxygen atoms in total. The molecular formula is C36H36F2N6O4S. The maximum Gasteiger partial charge on any atom is 0.299 e. The largest absolute Gasteiger partial charge is 0.384 e. The number of hydrogen-bond acceptors (Lipinski definition) is 8. The summed E-state index contributed by atoms with van der Waals surface area (Å²) < 4.78 is 35.3. The summed E-state index contributed by atoms with van der Waals surface area (Å²) in [6.45, 7) is 3.76. The zero-order valence-electron chi connectivity index (χ0n) is 27.0. The highest BCUT2D eigenvalue weighted by molar-refractivity contribution is 7.10. The van der Waals surface area contributed by atoms with Crippen LogP contribution in [0, 0.1) is 16.7 Å². The van der Waals surface area contributed by atoms with Gasteiger partial charge < -0.3 is 20.5 Å². The first-order valence-corrected chi connectivity index (χ1v) is 17.2. The van der Waals surface area contributed by atoms with E-state index in [1.54, 1.807) is 40.6 Å². The molecular weight excluding hydrogens is 650 g/mol. The third-order valence-corrected chi connectivity index (χ3v) is 11.4. The van der Waals surface area contributed by atoms with Crippen molar-refractivity contribution in [1.29, 1.82) is 5.41 Å². The predicted molar refractivity (Wildman–Crippen MR) is 178 cm³/mol. The quantitative estimate of drug-likeness (QED) is 0.0938. The Bertz CT molecular complexity index is 1960. The van der Waals surface area contributed by atoms with Gasteiger partial charge >= 0.3 is 0 Å². The van der Waals surface area contributed by atoms with Crippen molar-refractivity contribution in [2.24, 2.45) is 17.1 Å². The number of aromatic nitrogens is 2. The van der Waals surface area contributed by atoms with E-state index in [0.717, 1.165) is 11.3 Å². The molecule has 3 aliphatic rings. The number of hydrogen-bond donors (Lipinski definition) is 3. The lowest BCUT2D eigenvalue weighted by molar-refractivity contribution is -0.140. The van der Waals surface area contributed by atoms with Crippen LogP contribution in [0.15, 0.2) is 64.8 Å². The van der Waals surface area contributed by atoms with Gasteiger partial charge in [0, 0.05) is 63.2 Å². The number of piperidine rings is 1. The fourth-order valence-electron chi connectivity index (χ4n) is 7.52. The van der Waals surface area contributed by atoms with Gasteiger partial charge in [-0.15, -0.1) is 11.3 Å². The Morgan fingerprint density at radius 2 is 1.88 bits per heavy atom. The average Bonchev–Trinajstić information content (AvgIpc) is 3.57. The number of thiophene rings is 1. The molecule has 4 aromatic rings. The Hall–Kier alpha value is -4.78. The number of benzene rings is 2. The number of Topliss-reactive ketones (excluding diaryl/α,β-unsaturated/α-hetero) is 1. The first-order chi connectivity index (χ1) is 23.4. The molecule has 3 heterocycles. The molecule has 2 fully saturated rings. The highest BCUT2D eigenvalue weighted by Crippen LogP contribution is 2.61. The molecule has 1 saturated heterocycles. The van der Waals surface area contributed by atoms with Gasteiger partial charge in [-0.2, -0.15) is 13.8 Å². The third kappa shape index (κ3) is 5.94. The number of amidine groups is 1. The van der Waals surface area contributed by atoms with Gasteiger partial charge in [-0.1, -0.05) is 48.5 Å². The molecule has 4 N–H and O–H groups in total. The first kappa shape index (κ1) is 32.8. The van der Waals surface area contributed by atoms with E-state index in [0.29, 0.717) is 47.4 Å². The van der Waals surface area contributed by atoms with E-state index in [2.05, 4.69) is 15.5 Å². The summed E-state index contributed by atoms with van der Waals surface area (Å²) in [6, 6.07) is 11.3. The van der Waals surface area contributed by atoms with Crippen molar-refractivity contribution in [2.45, 2.75) is 76.4 Å². The molecule has 49 heavy (non-hydrogen) atoms. The number of halogens is 2. The topological polar surface area (TPSA) is 155 Å². The molecule has 7 rings (SSSR count). The van der Waals surface area contributed by atoms with Crippen LogP contribution in [0.4, 0.5) is 8.78 Å². The molecule has 13 heteroatoms. The van der Waals surface area contributed by atoms with Crippen molar-refractivity contribution in [3.8, 4) is 11.1 Å². The summed E-state index contributed by atoms with van der Waals surface area (Å²) in [5.41, 5.74) is 6.88. The van der Waals surface area contributed by atoms with Crippen LogP contribution in [0.3, 0.4) is 0 Å². The molecule has 2 aliphatic carbocycles. The molecule has 1 unspecified atom stereocenters. The molecule has 2 amide bonds. The highest BCUT2D eigenvalue weighted by atomic mass is 32.1. The van der Waals surface area contributed by atoms with Gasteiger partial charge in [0.05, 0.1) is 6.04 Å². The second-order valence-corrected chi connectivity index (χ2v) is 14.6. The van der Waals surface area contributed by atoms with Gasteiger partial charge in [-0.25, -0.2) is 0 Å². The van der Waals surface area contributed by atoms with Crippen molar-refractivity contribution < 1.29 is 27.7 Å². The van der Waals surface area contributed by atoms with E-state index in [1.165, 1.54) is 35.9 Å². The number of likely N-dealkylation sites (tertiary alicyclic amines) is 1. The van der Waals surface area contributed by atoms with Crippen LogP contribution in [0.2, 0.25) is 0 Å². The monoisotopic (exact) mass is 686 g/mol. The maximum absolute atomic E-state index is 15.0. The van der Waals surface area contributed by atoms with Crippen LogP contribution < -0.4 is 11.1 Å². The summed E-state index contributed by atoms with van der Waals surface area (Å²) in [6.07, 6.45) is 3.71. The predicted octanol–water partition coefficient (Wildman–Crippen LogP) is 6.00. The Labute approximate surface area is 285 Å². The Morgan fingerprint density at radius 3 is 2.61 bits per heavy atom. The van der Waals surface area contributed by atoms with Gasteiger partial charge in [0.15, 0.2) is 12.1 Å². The lowest BCUT2D eigenvalue weighted by Gasteiger charge is -2.29. The van der Waals surface area contributed by atoms with Crippen molar-refractivity contribution in [2.75, 3.05) is 0 Å². The van der Waals surface area contributed by atoms with Crippen LogP contribution in [-0.2, 0) is 21.9 Å². The minimum absolute atomic E-state index is 0.0461. The second kappa shape index (κ2) is 12.3. The van der Waals surface area contributed by atoms with Crippen LogP contribution in [0.5, 0.6) is 0 Å². The van der Waals surface area contributed by atoms with E-state index >= 15 is 0 Å². The number of nitrogen functional groups attached to an aromatic ring is 1. The van der Waals surface area contributed by atoms with Crippen LogP contribution >= 0.6 is 11.3 Å². The zero-order valence-corrected chi connectivity index (χ0v) is 27.9. The Kier molecular flexibility index (Phi) is 8.21. The highest BCUT2D eigenvalue weighted by Gasteiger charge is 2.67. The minimum atomic E-state index is -3.11. The number of carbonyl (C=O) groups excluding carboxylic acids is 3. The van der Waals surface area contributed by atoms with E-state index < -0.39 is 12.0 Å². The third-order valence-electron chi connectivity index (χ3n) is 10.3. The molecule has 1 aliphatic heterocycles. The number of alkyl halides is 2.